The van der Waals surface area contributed by atoms with Crippen LogP contribution in [-0.2, 0) is 6.18 Å². The van der Waals surface area contributed by atoms with Gasteiger partial charge in [-0.25, -0.2) is 9.78 Å². The van der Waals surface area contributed by atoms with Crippen molar-refractivity contribution in [2.75, 3.05) is 7.11 Å². The second kappa shape index (κ2) is 4.57. The maximum Gasteiger partial charge on any atom is 0.445 e. The molecule has 0 aromatic carbocycles. The molecule has 2 rings (SSSR count). The van der Waals surface area contributed by atoms with Crippen LogP contribution in [0.1, 0.15) is 5.56 Å². The van der Waals surface area contributed by atoms with Gasteiger partial charge in [0.2, 0.25) is 0 Å². The van der Waals surface area contributed by atoms with Gasteiger partial charge in [0.1, 0.15) is 0 Å². The van der Waals surface area contributed by atoms with Crippen molar-refractivity contribution < 1.29 is 22.3 Å². The number of aromatic nitrogens is 3. The standard InChI is InChI=1S/C9H5ClF3N3O3/c1-18-7-15-16(8(17)19-7)6-5(10)2-4(3-14-6)9(11,12)13/h2-3H,1H3. The average Bonchev–Trinajstić information content (AvgIpc) is 2.69. The summed E-state index contributed by atoms with van der Waals surface area (Å²) < 4.78 is 46.9. The highest BCUT2D eigenvalue weighted by molar-refractivity contribution is 6.32. The van der Waals surface area contributed by atoms with E-state index in [9.17, 15) is 18.0 Å². The van der Waals surface area contributed by atoms with Crippen molar-refractivity contribution in [3.8, 4) is 11.9 Å². The summed E-state index contributed by atoms with van der Waals surface area (Å²) >= 11 is 5.65. The second-order valence-corrected chi connectivity index (χ2v) is 3.68. The number of alkyl halides is 3. The summed E-state index contributed by atoms with van der Waals surface area (Å²) in [5.74, 6) is -1.27. The van der Waals surface area contributed by atoms with Gasteiger partial charge in [-0.05, 0) is 6.07 Å². The van der Waals surface area contributed by atoms with Gasteiger partial charge >= 0.3 is 18.0 Å². The van der Waals surface area contributed by atoms with Gasteiger partial charge in [-0.2, -0.15) is 13.2 Å². The molecule has 2 aromatic rings. The third-order valence-corrected chi connectivity index (χ3v) is 2.33. The van der Waals surface area contributed by atoms with Crippen LogP contribution in [0.25, 0.3) is 5.82 Å². The number of rotatable bonds is 2. The van der Waals surface area contributed by atoms with Crippen molar-refractivity contribution in [3.05, 3.63) is 33.4 Å². The second-order valence-electron chi connectivity index (χ2n) is 3.28. The molecule has 2 heterocycles. The summed E-state index contributed by atoms with van der Waals surface area (Å²) in [7, 11) is 1.21. The molecule has 0 unspecified atom stereocenters. The van der Waals surface area contributed by atoms with Gasteiger partial charge < -0.3 is 9.15 Å². The number of halogens is 4. The molecular weight excluding hydrogens is 291 g/mol. The predicted molar refractivity (Wildman–Crippen MR) is 56.5 cm³/mol. The molecule has 0 saturated heterocycles. The number of hydrogen-bond acceptors (Lipinski definition) is 5. The first-order valence-electron chi connectivity index (χ1n) is 4.70. The Balaban J connectivity index is 2.52. The van der Waals surface area contributed by atoms with E-state index in [1.807, 2.05) is 0 Å². The monoisotopic (exact) mass is 295 g/mol. The Kier molecular flexibility index (Phi) is 3.23. The molecular formula is C9H5ClF3N3O3. The van der Waals surface area contributed by atoms with E-state index < -0.39 is 22.5 Å². The third kappa shape index (κ3) is 2.55. The molecule has 0 amide bonds. The molecule has 102 valence electrons. The molecule has 6 nitrogen and oxygen atoms in total. The van der Waals surface area contributed by atoms with E-state index in [2.05, 4.69) is 19.2 Å². The van der Waals surface area contributed by atoms with Gasteiger partial charge in [0.05, 0.1) is 17.7 Å². The van der Waals surface area contributed by atoms with Crippen molar-refractivity contribution in [2.45, 2.75) is 6.18 Å². The number of nitrogens with zero attached hydrogens (tertiary/aromatic N) is 3. The Morgan fingerprint density at radius 1 is 1.47 bits per heavy atom. The lowest BCUT2D eigenvalue weighted by Gasteiger charge is -2.07. The number of ether oxygens (including phenoxy) is 1. The van der Waals surface area contributed by atoms with Crippen molar-refractivity contribution >= 4 is 11.6 Å². The van der Waals surface area contributed by atoms with Crippen LogP contribution in [0.15, 0.2) is 21.5 Å². The lowest BCUT2D eigenvalue weighted by molar-refractivity contribution is -0.137. The molecule has 0 fully saturated rings. The van der Waals surface area contributed by atoms with Crippen molar-refractivity contribution in [2.24, 2.45) is 0 Å². The molecule has 0 saturated carbocycles. The highest BCUT2D eigenvalue weighted by Crippen LogP contribution is 2.31. The Morgan fingerprint density at radius 2 is 2.16 bits per heavy atom. The number of pyridine rings is 1. The highest BCUT2D eigenvalue weighted by atomic mass is 35.5. The summed E-state index contributed by atoms with van der Waals surface area (Å²) in [5.41, 5.74) is -1.04. The van der Waals surface area contributed by atoms with Gasteiger partial charge in [-0.1, -0.05) is 16.7 Å². The molecule has 0 bridgehead atoms. The zero-order chi connectivity index (χ0) is 14.2. The van der Waals surface area contributed by atoms with Crippen LogP contribution in [-0.4, -0.2) is 21.9 Å². The smallest absolute Gasteiger partial charge is 0.445 e. The minimum atomic E-state index is -4.58. The largest absolute Gasteiger partial charge is 0.452 e. The predicted octanol–water partition coefficient (Wildman–Crippen LogP) is 1.90. The Hall–Kier alpha value is -2.03. The summed E-state index contributed by atoms with van der Waals surface area (Å²) in [6.45, 7) is 0. The van der Waals surface area contributed by atoms with Gasteiger partial charge in [-0.15, -0.1) is 4.68 Å². The van der Waals surface area contributed by atoms with Gasteiger partial charge in [0, 0.05) is 6.20 Å². The van der Waals surface area contributed by atoms with Gasteiger partial charge in [0.15, 0.2) is 5.82 Å². The minimum Gasteiger partial charge on any atom is -0.452 e. The van der Waals surface area contributed by atoms with Crippen LogP contribution in [0, 0.1) is 0 Å². The molecule has 0 radical (unpaired) electrons. The molecule has 19 heavy (non-hydrogen) atoms. The minimum absolute atomic E-state index is 0.285. The molecule has 0 N–H and O–H groups in total. The Labute approximate surface area is 108 Å². The van der Waals surface area contributed by atoms with Gasteiger partial charge in [0.25, 0.3) is 0 Å². The zero-order valence-electron chi connectivity index (χ0n) is 9.23. The first-order valence-corrected chi connectivity index (χ1v) is 5.08. The Morgan fingerprint density at radius 3 is 2.63 bits per heavy atom. The number of methoxy groups -OCH3 is 1. The molecule has 0 aliphatic carbocycles. The van der Waals surface area contributed by atoms with Crippen molar-refractivity contribution in [1.29, 1.82) is 0 Å². The quantitative estimate of drug-likeness (QED) is 0.846. The Bertz CT molecular complexity index is 665. The summed E-state index contributed by atoms with van der Waals surface area (Å²) in [4.78, 5) is 14.8. The van der Waals surface area contributed by atoms with E-state index in [4.69, 9.17) is 11.6 Å². The van der Waals surface area contributed by atoms with Gasteiger partial charge in [-0.3, -0.25) is 0 Å². The zero-order valence-corrected chi connectivity index (χ0v) is 9.99. The van der Waals surface area contributed by atoms with E-state index in [0.717, 1.165) is 0 Å². The normalized spacial score (nSPS) is 11.6. The van der Waals surface area contributed by atoms with E-state index in [-0.39, 0.29) is 11.9 Å². The lowest BCUT2D eigenvalue weighted by Crippen LogP contribution is -2.16. The SMILES string of the molecule is COc1nn(-c2ncc(C(F)(F)F)cc2Cl)c(=O)o1. The van der Waals surface area contributed by atoms with Crippen LogP contribution in [0.2, 0.25) is 5.02 Å². The first kappa shape index (κ1) is 13.4. The van der Waals surface area contributed by atoms with Crippen LogP contribution >= 0.6 is 11.6 Å². The van der Waals surface area contributed by atoms with Crippen molar-refractivity contribution in [3.63, 3.8) is 0 Å². The fourth-order valence-corrected chi connectivity index (χ4v) is 1.47. The maximum absolute atomic E-state index is 12.4. The van der Waals surface area contributed by atoms with E-state index in [0.29, 0.717) is 16.9 Å². The molecule has 10 heteroatoms. The summed E-state index contributed by atoms with van der Waals surface area (Å²) in [6, 6.07) is 0.636. The first-order chi connectivity index (χ1) is 8.82. The fraction of sp³-hybridized carbons (Fsp3) is 0.222. The summed E-state index contributed by atoms with van der Waals surface area (Å²) in [5, 5.41) is 3.14. The van der Waals surface area contributed by atoms with Crippen LogP contribution in [0.5, 0.6) is 6.08 Å². The van der Waals surface area contributed by atoms with Crippen LogP contribution < -0.4 is 10.5 Å². The molecule has 0 spiro atoms. The maximum atomic E-state index is 12.4. The average molecular weight is 296 g/mol. The summed E-state index contributed by atoms with van der Waals surface area (Å²) in [6.07, 6.45) is -4.40. The topological polar surface area (TPSA) is 70.2 Å². The molecule has 0 atom stereocenters. The van der Waals surface area contributed by atoms with Crippen LogP contribution in [0.3, 0.4) is 0 Å². The molecule has 2 aromatic heterocycles. The van der Waals surface area contributed by atoms with E-state index >= 15 is 0 Å². The molecule has 0 aliphatic rings. The highest BCUT2D eigenvalue weighted by Gasteiger charge is 2.32. The van der Waals surface area contributed by atoms with E-state index in [1.54, 1.807) is 0 Å². The van der Waals surface area contributed by atoms with E-state index in [1.165, 1.54) is 7.11 Å². The lowest BCUT2D eigenvalue weighted by atomic mass is 10.3. The third-order valence-electron chi connectivity index (χ3n) is 2.05. The number of hydrogen-bond donors (Lipinski definition) is 0. The molecule has 0 aliphatic heterocycles. The van der Waals surface area contributed by atoms with Crippen LogP contribution in [0.4, 0.5) is 13.2 Å². The fourth-order valence-electron chi connectivity index (χ4n) is 1.22. The van der Waals surface area contributed by atoms with Crippen molar-refractivity contribution in [1.82, 2.24) is 14.8 Å².